The van der Waals surface area contributed by atoms with Gasteiger partial charge in [-0.2, -0.15) is 11.8 Å². The summed E-state index contributed by atoms with van der Waals surface area (Å²) < 4.78 is 0. The number of aromatic nitrogens is 1. The minimum atomic E-state index is 0.213. The second-order valence-corrected chi connectivity index (χ2v) is 8.90. The summed E-state index contributed by atoms with van der Waals surface area (Å²) in [4.78, 5) is 16.3. The zero-order chi connectivity index (χ0) is 15.4. The zero-order valence-electron chi connectivity index (χ0n) is 13.3. The number of rotatable bonds is 8. The van der Waals surface area contributed by atoms with E-state index in [1.54, 1.807) is 23.1 Å². The van der Waals surface area contributed by atoms with Gasteiger partial charge in [0.05, 0.1) is 10.7 Å². The number of hydrogen-bond acceptors (Lipinski definition) is 4. The van der Waals surface area contributed by atoms with Crippen molar-refractivity contribution in [3.05, 3.63) is 16.1 Å². The Hall–Kier alpha value is -0.550. The van der Waals surface area contributed by atoms with Gasteiger partial charge in [-0.1, -0.05) is 6.42 Å². The maximum atomic E-state index is 11.9. The van der Waals surface area contributed by atoms with E-state index in [0.29, 0.717) is 6.42 Å². The zero-order valence-corrected chi connectivity index (χ0v) is 15.0. The number of fused-ring (bicyclic) bond motifs is 2. The Morgan fingerprint density at radius 2 is 2.36 bits per heavy atom. The molecule has 1 N–H and O–H groups in total. The molecule has 0 radical (unpaired) electrons. The van der Waals surface area contributed by atoms with Crippen LogP contribution in [-0.4, -0.2) is 23.2 Å². The minimum Gasteiger partial charge on any atom is -0.356 e. The van der Waals surface area contributed by atoms with Gasteiger partial charge >= 0.3 is 0 Å². The first-order chi connectivity index (χ1) is 10.7. The van der Waals surface area contributed by atoms with Crippen LogP contribution in [0.1, 0.15) is 49.2 Å². The largest absolute Gasteiger partial charge is 0.356 e. The van der Waals surface area contributed by atoms with E-state index >= 15 is 0 Å². The fourth-order valence-electron chi connectivity index (χ4n) is 4.03. The second kappa shape index (κ2) is 7.82. The first kappa shape index (κ1) is 16.3. The van der Waals surface area contributed by atoms with Crippen molar-refractivity contribution >= 4 is 29.0 Å². The molecule has 3 rings (SSSR count). The number of hydrogen-bond donors (Lipinski definition) is 1. The number of aryl methyl sites for hydroxylation is 1. The molecule has 0 saturated heterocycles. The van der Waals surface area contributed by atoms with Gasteiger partial charge < -0.3 is 5.32 Å². The molecule has 0 aromatic carbocycles. The van der Waals surface area contributed by atoms with E-state index in [1.807, 2.05) is 6.92 Å². The SMILES string of the molecule is Cc1nc(CSCCC(=O)NCC[C@H]2C[C@H]3CC[C@H]2C3)cs1. The molecular formula is C17H26N2OS2. The number of nitrogens with one attached hydrogen (secondary N) is 1. The first-order valence-corrected chi connectivity index (χ1v) is 10.5. The maximum absolute atomic E-state index is 11.9. The highest BCUT2D eigenvalue weighted by molar-refractivity contribution is 7.98. The van der Waals surface area contributed by atoms with E-state index in [9.17, 15) is 4.79 Å². The molecule has 2 bridgehead atoms. The number of thiazole rings is 1. The summed E-state index contributed by atoms with van der Waals surface area (Å²) >= 11 is 3.49. The lowest BCUT2D eigenvalue weighted by Crippen LogP contribution is -2.27. The standard InChI is InChI=1S/C17H26N2OS2/c1-12-19-16(11-22-12)10-21-7-5-17(20)18-6-4-15-9-13-2-3-14(15)8-13/h11,13-15H,2-10H2,1H3,(H,18,20)/t13-,14-,15-/m0/s1. The Kier molecular flexibility index (Phi) is 5.80. The Bertz CT molecular complexity index is 503. The van der Waals surface area contributed by atoms with E-state index in [-0.39, 0.29) is 5.91 Å². The van der Waals surface area contributed by atoms with Crippen LogP contribution in [0.3, 0.4) is 0 Å². The molecular weight excluding hydrogens is 312 g/mol. The van der Waals surface area contributed by atoms with E-state index in [4.69, 9.17) is 0 Å². The van der Waals surface area contributed by atoms with Crippen molar-refractivity contribution < 1.29 is 4.79 Å². The molecule has 0 aliphatic heterocycles. The monoisotopic (exact) mass is 338 g/mol. The number of nitrogens with zero attached hydrogens (tertiary/aromatic N) is 1. The average molecular weight is 339 g/mol. The summed E-state index contributed by atoms with van der Waals surface area (Å²) in [5, 5.41) is 6.33. The van der Waals surface area contributed by atoms with E-state index in [2.05, 4.69) is 15.7 Å². The molecule has 5 heteroatoms. The lowest BCUT2D eigenvalue weighted by Gasteiger charge is -2.21. The van der Waals surface area contributed by atoms with Gasteiger partial charge in [0.2, 0.25) is 5.91 Å². The number of carbonyl (C=O) groups excluding carboxylic acids is 1. The van der Waals surface area contributed by atoms with Crippen LogP contribution in [0.15, 0.2) is 5.38 Å². The van der Waals surface area contributed by atoms with Crippen molar-refractivity contribution in [3.8, 4) is 0 Å². The maximum Gasteiger partial charge on any atom is 0.220 e. The quantitative estimate of drug-likeness (QED) is 0.728. The number of carbonyl (C=O) groups is 1. The van der Waals surface area contributed by atoms with Crippen LogP contribution in [-0.2, 0) is 10.5 Å². The van der Waals surface area contributed by atoms with E-state index in [0.717, 1.165) is 46.5 Å². The Balaban J connectivity index is 1.22. The molecule has 3 atom stereocenters. The molecule has 2 fully saturated rings. The molecule has 2 aliphatic carbocycles. The first-order valence-electron chi connectivity index (χ1n) is 8.46. The average Bonchev–Trinajstić information content (AvgIpc) is 3.20. The molecule has 0 spiro atoms. The van der Waals surface area contributed by atoms with Crippen LogP contribution in [0.4, 0.5) is 0 Å². The molecule has 2 aliphatic rings. The van der Waals surface area contributed by atoms with Gasteiger partial charge in [-0.25, -0.2) is 4.98 Å². The van der Waals surface area contributed by atoms with Crippen LogP contribution < -0.4 is 5.32 Å². The van der Waals surface area contributed by atoms with Crippen LogP contribution in [0.5, 0.6) is 0 Å². The van der Waals surface area contributed by atoms with Gasteiger partial charge in [-0.3, -0.25) is 4.79 Å². The molecule has 1 aromatic heterocycles. The van der Waals surface area contributed by atoms with Crippen LogP contribution in [0, 0.1) is 24.7 Å². The molecule has 22 heavy (non-hydrogen) atoms. The predicted octanol–water partition coefficient (Wildman–Crippen LogP) is 4.02. The van der Waals surface area contributed by atoms with Gasteiger partial charge in [0, 0.05) is 29.9 Å². The second-order valence-electron chi connectivity index (χ2n) is 6.73. The van der Waals surface area contributed by atoms with Gasteiger partial charge in [0.25, 0.3) is 0 Å². The fourth-order valence-corrected chi connectivity index (χ4v) is 5.58. The molecule has 0 unspecified atom stereocenters. The molecule has 2 saturated carbocycles. The topological polar surface area (TPSA) is 42.0 Å². The van der Waals surface area contributed by atoms with Crippen LogP contribution in [0.2, 0.25) is 0 Å². The normalized spacial score (nSPS) is 26.5. The third kappa shape index (κ3) is 4.48. The lowest BCUT2D eigenvalue weighted by atomic mass is 9.86. The summed E-state index contributed by atoms with van der Waals surface area (Å²) in [6.07, 6.45) is 7.61. The molecule has 1 amide bonds. The predicted molar refractivity (Wildman–Crippen MR) is 94.2 cm³/mol. The van der Waals surface area contributed by atoms with Gasteiger partial charge in [0.1, 0.15) is 0 Å². The molecule has 3 nitrogen and oxygen atoms in total. The summed E-state index contributed by atoms with van der Waals surface area (Å²) in [5.41, 5.74) is 1.14. The van der Waals surface area contributed by atoms with Gasteiger partial charge in [0.15, 0.2) is 0 Å². The number of thioether (sulfide) groups is 1. The summed E-state index contributed by atoms with van der Waals surface area (Å²) in [6, 6.07) is 0. The third-order valence-corrected chi connectivity index (χ3v) is 6.93. The highest BCUT2D eigenvalue weighted by Crippen LogP contribution is 2.49. The van der Waals surface area contributed by atoms with Crippen molar-refractivity contribution in [2.24, 2.45) is 17.8 Å². The molecule has 1 heterocycles. The van der Waals surface area contributed by atoms with Crippen molar-refractivity contribution in [1.29, 1.82) is 0 Å². The Morgan fingerprint density at radius 1 is 1.45 bits per heavy atom. The summed E-state index contributed by atoms with van der Waals surface area (Å²) in [7, 11) is 0. The fraction of sp³-hybridized carbons (Fsp3) is 0.765. The van der Waals surface area contributed by atoms with Crippen LogP contribution >= 0.6 is 23.1 Å². The van der Waals surface area contributed by atoms with Crippen LogP contribution in [0.25, 0.3) is 0 Å². The smallest absolute Gasteiger partial charge is 0.220 e. The molecule has 1 aromatic rings. The Morgan fingerprint density at radius 3 is 3.05 bits per heavy atom. The minimum absolute atomic E-state index is 0.213. The lowest BCUT2D eigenvalue weighted by molar-refractivity contribution is -0.120. The number of amides is 1. The highest BCUT2D eigenvalue weighted by atomic mass is 32.2. The van der Waals surface area contributed by atoms with Gasteiger partial charge in [-0.15, -0.1) is 11.3 Å². The van der Waals surface area contributed by atoms with Crippen molar-refractivity contribution in [3.63, 3.8) is 0 Å². The third-order valence-electron chi connectivity index (χ3n) is 5.11. The Labute approximate surface area is 141 Å². The van der Waals surface area contributed by atoms with Gasteiger partial charge in [-0.05, 0) is 50.4 Å². The van der Waals surface area contributed by atoms with E-state index in [1.165, 1.54) is 32.1 Å². The highest BCUT2D eigenvalue weighted by Gasteiger charge is 2.38. The summed E-state index contributed by atoms with van der Waals surface area (Å²) in [6.45, 7) is 2.91. The van der Waals surface area contributed by atoms with Crippen molar-refractivity contribution in [2.45, 2.75) is 51.2 Å². The van der Waals surface area contributed by atoms with Crippen molar-refractivity contribution in [1.82, 2.24) is 10.3 Å². The molecule has 122 valence electrons. The summed E-state index contributed by atoms with van der Waals surface area (Å²) in [5.74, 6) is 4.89. The van der Waals surface area contributed by atoms with E-state index < -0.39 is 0 Å². The van der Waals surface area contributed by atoms with Crippen molar-refractivity contribution in [2.75, 3.05) is 12.3 Å².